The quantitative estimate of drug-likeness (QED) is 0.593. The molecule has 0 heterocycles. The molecule has 1 aromatic rings. The van der Waals surface area contributed by atoms with E-state index in [0.29, 0.717) is 11.3 Å². The van der Waals surface area contributed by atoms with Crippen LogP contribution in [0.1, 0.15) is 44.4 Å². The standard InChI is InChI=1S/C14H18F3NOS/c1-9-11(7-6-8-12(9)14(15,16)17)10(2)18-20(19)13(3,4)5/h6-8H,1-5H3/t20-/m0/s1. The predicted molar refractivity (Wildman–Crippen MR) is 76.3 cm³/mol. The van der Waals surface area contributed by atoms with Gasteiger partial charge in [-0.2, -0.15) is 13.2 Å². The SMILES string of the molecule is CC(=N[S@@+]([O-])C(C)(C)C)c1cccc(C(F)(F)F)c1C. The van der Waals surface area contributed by atoms with Crippen molar-refractivity contribution in [2.75, 3.05) is 0 Å². The van der Waals surface area contributed by atoms with Gasteiger partial charge in [-0.3, -0.25) is 0 Å². The van der Waals surface area contributed by atoms with Gasteiger partial charge in [-0.05, 0) is 46.2 Å². The van der Waals surface area contributed by atoms with E-state index in [0.717, 1.165) is 6.07 Å². The molecule has 0 aliphatic carbocycles. The van der Waals surface area contributed by atoms with Crippen LogP contribution in [-0.2, 0) is 17.5 Å². The molecule has 0 spiro atoms. The normalized spacial score (nSPS) is 15.3. The molecule has 112 valence electrons. The van der Waals surface area contributed by atoms with Gasteiger partial charge in [0, 0.05) is 5.56 Å². The summed E-state index contributed by atoms with van der Waals surface area (Å²) < 4.78 is 54.0. The van der Waals surface area contributed by atoms with Crippen molar-refractivity contribution < 1.29 is 17.7 Å². The number of alkyl halides is 3. The summed E-state index contributed by atoms with van der Waals surface area (Å²) in [6, 6.07) is 3.93. The van der Waals surface area contributed by atoms with Gasteiger partial charge in [-0.15, -0.1) is 0 Å². The Morgan fingerprint density at radius 1 is 1.20 bits per heavy atom. The third-order valence-electron chi connectivity index (χ3n) is 2.77. The van der Waals surface area contributed by atoms with Gasteiger partial charge < -0.3 is 4.55 Å². The maximum Gasteiger partial charge on any atom is 0.416 e. The molecule has 0 fully saturated rings. The Kier molecular flexibility index (Phi) is 4.92. The lowest BCUT2D eigenvalue weighted by atomic mass is 9.99. The molecular formula is C14H18F3NOS. The van der Waals surface area contributed by atoms with Gasteiger partial charge >= 0.3 is 6.18 Å². The van der Waals surface area contributed by atoms with Gasteiger partial charge in [0.25, 0.3) is 0 Å². The van der Waals surface area contributed by atoms with E-state index >= 15 is 0 Å². The average Bonchev–Trinajstić information content (AvgIpc) is 2.26. The van der Waals surface area contributed by atoms with E-state index in [1.165, 1.54) is 13.0 Å². The fourth-order valence-corrected chi connectivity index (χ4v) is 2.27. The molecule has 0 bridgehead atoms. The van der Waals surface area contributed by atoms with E-state index in [1.54, 1.807) is 33.8 Å². The summed E-state index contributed by atoms with van der Waals surface area (Å²) in [5.41, 5.74) is 0.137. The van der Waals surface area contributed by atoms with Crippen LogP contribution in [0.5, 0.6) is 0 Å². The summed E-state index contributed by atoms with van der Waals surface area (Å²) in [6.07, 6.45) is -4.40. The maximum atomic E-state index is 12.8. The first-order valence-corrected chi connectivity index (χ1v) is 7.19. The van der Waals surface area contributed by atoms with E-state index in [9.17, 15) is 17.7 Å². The zero-order valence-electron chi connectivity index (χ0n) is 12.1. The highest BCUT2D eigenvalue weighted by Gasteiger charge is 2.33. The number of rotatable bonds is 2. The van der Waals surface area contributed by atoms with Crippen molar-refractivity contribution in [2.45, 2.75) is 45.5 Å². The Bertz CT molecular complexity index is 518. The van der Waals surface area contributed by atoms with Crippen LogP contribution >= 0.6 is 0 Å². The molecule has 1 aromatic carbocycles. The Labute approximate surface area is 120 Å². The van der Waals surface area contributed by atoms with Gasteiger partial charge in [-0.1, -0.05) is 16.5 Å². The van der Waals surface area contributed by atoms with Crippen molar-refractivity contribution >= 4 is 17.1 Å². The van der Waals surface area contributed by atoms with E-state index < -0.39 is 27.8 Å². The second-order valence-corrected chi connectivity index (χ2v) is 7.42. The zero-order chi connectivity index (χ0) is 15.7. The molecule has 20 heavy (non-hydrogen) atoms. The molecular weight excluding hydrogens is 287 g/mol. The number of halogens is 3. The fraction of sp³-hybridized carbons (Fsp3) is 0.500. The molecule has 0 radical (unpaired) electrons. The molecule has 0 aliphatic rings. The van der Waals surface area contributed by atoms with E-state index in [4.69, 9.17) is 0 Å². The number of nitrogens with zero attached hydrogens (tertiary/aromatic N) is 1. The summed E-state index contributed by atoms with van der Waals surface area (Å²) >= 11 is -1.50. The van der Waals surface area contributed by atoms with Gasteiger partial charge in [0.15, 0.2) is 0 Å². The second-order valence-electron chi connectivity index (χ2n) is 5.51. The van der Waals surface area contributed by atoms with Crippen LogP contribution < -0.4 is 0 Å². The minimum atomic E-state index is -4.40. The van der Waals surface area contributed by atoms with E-state index in [2.05, 4.69) is 4.40 Å². The first-order valence-electron chi connectivity index (χ1n) is 6.09. The van der Waals surface area contributed by atoms with Crippen LogP contribution in [0.15, 0.2) is 22.6 Å². The molecule has 0 aliphatic heterocycles. The lowest BCUT2D eigenvalue weighted by molar-refractivity contribution is -0.138. The molecule has 0 N–H and O–H groups in total. The van der Waals surface area contributed by atoms with Crippen molar-refractivity contribution in [2.24, 2.45) is 4.40 Å². The van der Waals surface area contributed by atoms with Gasteiger partial charge in [0.2, 0.25) is 0 Å². The largest absolute Gasteiger partial charge is 0.591 e. The second kappa shape index (κ2) is 5.77. The summed E-state index contributed by atoms with van der Waals surface area (Å²) in [6.45, 7) is 8.26. The van der Waals surface area contributed by atoms with E-state index in [1.807, 2.05) is 0 Å². The monoisotopic (exact) mass is 305 g/mol. The van der Waals surface area contributed by atoms with Crippen LogP contribution in [0, 0.1) is 6.92 Å². The summed E-state index contributed by atoms with van der Waals surface area (Å²) in [5, 5.41) is 0. The minimum Gasteiger partial charge on any atom is -0.591 e. The highest BCUT2D eigenvalue weighted by molar-refractivity contribution is 7.91. The summed E-state index contributed by atoms with van der Waals surface area (Å²) in [4.78, 5) is 0. The van der Waals surface area contributed by atoms with Crippen LogP contribution in [0.3, 0.4) is 0 Å². The van der Waals surface area contributed by atoms with Crippen molar-refractivity contribution in [3.8, 4) is 0 Å². The van der Waals surface area contributed by atoms with Crippen LogP contribution in [0.25, 0.3) is 0 Å². The molecule has 1 rings (SSSR count). The molecule has 6 heteroatoms. The fourth-order valence-electron chi connectivity index (χ4n) is 1.65. The van der Waals surface area contributed by atoms with Gasteiger partial charge in [0.1, 0.15) is 16.1 Å². The van der Waals surface area contributed by atoms with Crippen LogP contribution in [0.4, 0.5) is 13.2 Å². The smallest absolute Gasteiger partial charge is 0.416 e. The predicted octanol–water partition coefficient (Wildman–Crippen LogP) is 4.29. The Balaban J connectivity index is 3.25. The first kappa shape index (κ1) is 17.0. The molecule has 2 nitrogen and oxygen atoms in total. The van der Waals surface area contributed by atoms with Gasteiger partial charge in [0.05, 0.1) is 11.3 Å². The van der Waals surface area contributed by atoms with Crippen molar-refractivity contribution in [1.82, 2.24) is 0 Å². The Morgan fingerprint density at radius 2 is 1.75 bits per heavy atom. The maximum absolute atomic E-state index is 12.8. The minimum absolute atomic E-state index is 0.104. The highest BCUT2D eigenvalue weighted by Crippen LogP contribution is 2.33. The van der Waals surface area contributed by atoms with Crippen molar-refractivity contribution in [3.05, 3.63) is 34.9 Å². The van der Waals surface area contributed by atoms with Gasteiger partial charge in [-0.25, -0.2) is 0 Å². The Hall–Kier alpha value is -1.01. The van der Waals surface area contributed by atoms with E-state index in [-0.39, 0.29) is 5.56 Å². The highest BCUT2D eigenvalue weighted by atomic mass is 32.2. The summed E-state index contributed by atoms with van der Waals surface area (Å²) in [7, 11) is 0. The lowest BCUT2D eigenvalue weighted by Gasteiger charge is -2.19. The molecule has 1 atom stereocenters. The Morgan fingerprint density at radius 3 is 2.20 bits per heavy atom. The zero-order valence-corrected chi connectivity index (χ0v) is 12.9. The average molecular weight is 305 g/mol. The lowest BCUT2D eigenvalue weighted by Crippen LogP contribution is -2.27. The molecule has 0 amide bonds. The molecule has 0 unspecified atom stereocenters. The first-order chi connectivity index (χ1) is 8.94. The third-order valence-corrected chi connectivity index (χ3v) is 4.26. The molecule has 0 saturated carbocycles. The topological polar surface area (TPSA) is 35.4 Å². The van der Waals surface area contributed by atoms with Crippen LogP contribution in [-0.4, -0.2) is 15.0 Å². The third kappa shape index (κ3) is 3.99. The summed E-state index contributed by atoms with van der Waals surface area (Å²) in [5.74, 6) is 0. The number of benzene rings is 1. The van der Waals surface area contributed by atoms with Crippen molar-refractivity contribution in [3.63, 3.8) is 0 Å². The van der Waals surface area contributed by atoms with Crippen molar-refractivity contribution in [1.29, 1.82) is 0 Å². The number of hydrogen-bond donors (Lipinski definition) is 0. The number of hydrogen-bond acceptors (Lipinski definition) is 2. The molecule has 0 aromatic heterocycles. The van der Waals surface area contributed by atoms with Crippen LogP contribution in [0.2, 0.25) is 0 Å². The molecule has 0 saturated heterocycles.